The van der Waals surface area contributed by atoms with Crippen LogP contribution in [0.2, 0.25) is 0 Å². The van der Waals surface area contributed by atoms with Gasteiger partial charge in [-0.05, 0) is 51.4 Å². The molecule has 0 radical (unpaired) electrons. The van der Waals surface area contributed by atoms with Crippen LogP contribution < -0.4 is 0 Å². The van der Waals surface area contributed by atoms with Gasteiger partial charge in [0.15, 0.2) is 6.10 Å². The maximum absolute atomic E-state index is 12.2. The molecule has 0 bridgehead atoms. The molecule has 0 saturated heterocycles. The summed E-state index contributed by atoms with van der Waals surface area (Å²) < 4.78 is 10.7. The van der Waals surface area contributed by atoms with Crippen molar-refractivity contribution in [2.75, 3.05) is 13.2 Å². The van der Waals surface area contributed by atoms with Crippen LogP contribution in [0.15, 0.2) is 36.5 Å². The van der Waals surface area contributed by atoms with Crippen LogP contribution in [0, 0.1) is 0 Å². The van der Waals surface area contributed by atoms with Crippen molar-refractivity contribution in [3.63, 3.8) is 0 Å². The van der Waals surface area contributed by atoms with Gasteiger partial charge in [0, 0.05) is 12.8 Å². The lowest BCUT2D eigenvalue weighted by atomic mass is 10.0. The van der Waals surface area contributed by atoms with Gasteiger partial charge in [-0.2, -0.15) is 0 Å². The van der Waals surface area contributed by atoms with E-state index >= 15 is 0 Å². The molecule has 5 heteroatoms. The van der Waals surface area contributed by atoms with E-state index < -0.39 is 6.10 Å². The molecular formula is C53H98O5. The minimum absolute atomic E-state index is 0.0677. The molecule has 0 aromatic heterocycles. The van der Waals surface area contributed by atoms with Crippen molar-refractivity contribution in [2.45, 2.75) is 277 Å². The topological polar surface area (TPSA) is 72.8 Å². The van der Waals surface area contributed by atoms with Gasteiger partial charge < -0.3 is 14.6 Å². The lowest BCUT2D eigenvalue weighted by molar-refractivity contribution is -0.161. The first-order valence-corrected chi connectivity index (χ1v) is 25.5. The smallest absolute Gasteiger partial charge is 0.306 e. The highest BCUT2D eigenvalue weighted by Crippen LogP contribution is 2.17. The van der Waals surface area contributed by atoms with E-state index in [0.717, 1.165) is 57.8 Å². The Morgan fingerprint density at radius 2 is 0.690 bits per heavy atom. The van der Waals surface area contributed by atoms with Crippen LogP contribution in [0.5, 0.6) is 0 Å². The fourth-order valence-corrected chi connectivity index (χ4v) is 7.56. The average molecular weight is 815 g/mol. The zero-order valence-corrected chi connectivity index (χ0v) is 38.8. The standard InChI is InChI=1S/C53H98O5/c1-3-5-7-9-11-13-15-17-19-21-23-24-25-26-27-28-30-31-33-35-37-39-41-43-45-47-52(55)57-50-51(49-54)58-53(56)48-46-44-42-40-38-36-34-32-29-22-20-18-16-14-12-10-8-6-4-2/h12,14,18,20,29,32,51,54H,3-11,13,15-17,19,21-28,30-31,33-50H2,1-2H3/b14-12-,20-18-,32-29-. The molecule has 0 spiro atoms. The van der Waals surface area contributed by atoms with Crippen LogP contribution in [0.25, 0.3) is 0 Å². The van der Waals surface area contributed by atoms with Crippen molar-refractivity contribution in [2.24, 2.45) is 0 Å². The van der Waals surface area contributed by atoms with Crippen molar-refractivity contribution in [1.29, 1.82) is 0 Å². The van der Waals surface area contributed by atoms with E-state index in [9.17, 15) is 14.7 Å². The van der Waals surface area contributed by atoms with Gasteiger partial charge in [-0.3, -0.25) is 9.59 Å². The predicted octanol–water partition coefficient (Wildman–Crippen LogP) is 16.7. The number of esters is 2. The number of aliphatic hydroxyl groups is 1. The zero-order chi connectivity index (χ0) is 42.1. The molecule has 0 aliphatic rings. The Hall–Kier alpha value is -1.88. The molecule has 0 rings (SSSR count). The Kier molecular flexibility index (Phi) is 47.9. The molecule has 0 aliphatic heterocycles. The quantitative estimate of drug-likeness (QED) is 0.0376. The van der Waals surface area contributed by atoms with Crippen molar-refractivity contribution < 1.29 is 24.2 Å². The summed E-state index contributed by atoms with van der Waals surface area (Å²) in [6.07, 6.45) is 62.4. The van der Waals surface area contributed by atoms with Crippen LogP contribution in [0.4, 0.5) is 0 Å². The summed E-state index contributed by atoms with van der Waals surface area (Å²) in [7, 11) is 0. The van der Waals surface area contributed by atoms with Crippen LogP contribution >= 0.6 is 0 Å². The third kappa shape index (κ3) is 46.8. The van der Waals surface area contributed by atoms with Gasteiger partial charge >= 0.3 is 11.9 Å². The van der Waals surface area contributed by atoms with Crippen molar-refractivity contribution in [3.8, 4) is 0 Å². The number of rotatable bonds is 47. The van der Waals surface area contributed by atoms with E-state index in [4.69, 9.17) is 9.47 Å². The van der Waals surface area contributed by atoms with E-state index in [1.807, 2.05) is 0 Å². The van der Waals surface area contributed by atoms with Gasteiger partial charge in [0.2, 0.25) is 0 Å². The number of carbonyl (C=O) groups is 2. The second kappa shape index (κ2) is 49.5. The number of allylic oxidation sites excluding steroid dienone is 6. The van der Waals surface area contributed by atoms with Crippen LogP contribution in [0.3, 0.4) is 0 Å². The van der Waals surface area contributed by atoms with E-state index in [0.29, 0.717) is 12.8 Å². The molecule has 0 heterocycles. The fraction of sp³-hybridized carbons (Fsp3) is 0.849. The molecule has 58 heavy (non-hydrogen) atoms. The molecule has 340 valence electrons. The Labute approximate surface area is 361 Å². The molecule has 0 fully saturated rings. The Morgan fingerprint density at radius 1 is 0.397 bits per heavy atom. The molecule has 0 aromatic carbocycles. The predicted molar refractivity (Wildman–Crippen MR) is 251 cm³/mol. The Balaban J connectivity index is 3.47. The third-order valence-electron chi connectivity index (χ3n) is 11.4. The molecule has 1 atom stereocenters. The summed E-state index contributed by atoms with van der Waals surface area (Å²) in [6, 6.07) is 0. The third-order valence-corrected chi connectivity index (χ3v) is 11.4. The SMILES string of the molecule is CCCCC/C=C\C/C=C\C/C=C\CCCCCCCCC(=O)OC(CO)COC(=O)CCCCCCCCCCCCCCCCCCCCCCCCCCC. The highest BCUT2D eigenvalue weighted by atomic mass is 16.6. The summed E-state index contributed by atoms with van der Waals surface area (Å²) in [4.78, 5) is 24.4. The Bertz CT molecular complexity index is 924. The largest absolute Gasteiger partial charge is 0.462 e. The molecule has 0 aliphatic carbocycles. The van der Waals surface area contributed by atoms with Crippen molar-refractivity contribution in [3.05, 3.63) is 36.5 Å². The molecular weight excluding hydrogens is 717 g/mol. The van der Waals surface area contributed by atoms with Gasteiger partial charge in [-0.1, -0.05) is 243 Å². The van der Waals surface area contributed by atoms with E-state index in [-0.39, 0.29) is 25.2 Å². The molecule has 1 unspecified atom stereocenters. The van der Waals surface area contributed by atoms with Gasteiger partial charge in [0.25, 0.3) is 0 Å². The first-order chi connectivity index (χ1) is 28.6. The van der Waals surface area contributed by atoms with Gasteiger partial charge in [-0.15, -0.1) is 0 Å². The molecule has 0 aromatic rings. The second-order valence-corrected chi connectivity index (χ2v) is 17.3. The molecule has 0 amide bonds. The summed E-state index contributed by atoms with van der Waals surface area (Å²) in [5, 5.41) is 9.62. The number of hydrogen-bond acceptors (Lipinski definition) is 5. The lowest BCUT2D eigenvalue weighted by Crippen LogP contribution is -2.28. The summed E-state index contributed by atoms with van der Waals surface area (Å²) in [5.74, 6) is -0.593. The minimum atomic E-state index is -0.777. The van der Waals surface area contributed by atoms with Gasteiger partial charge in [0.05, 0.1) is 6.61 Å². The first kappa shape index (κ1) is 56.1. The minimum Gasteiger partial charge on any atom is -0.462 e. The first-order valence-electron chi connectivity index (χ1n) is 25.5. The normalized spacial score (nSPS) is 12.4. The zero-order valence-electron chi connectivity index (χ0n) is 38.8. The number of aliphatic hydroxyl groups excluding tert-OH is 1. The van der Waals surface area contributed by atoms with Crippen molar-refractivity contribution in [1.82, 2.24) is 0 Å². The Morgan fingerprint density at radius 3 is 1.07 bits per heavy atom. The van der Waals surface area contributed by atoms with E-state index in [1.165, 1.54) is 186 Å². The van der Waals surface area contributed by atoms with Crippen LogP contribution in [-0.2, 0) is 19.1 Å². The van der Waals surface area contributed by atoms with Crippen molar-refractivity contribution >= 4 is 11.9 Å². The average Bonchev–Trinajstić information content (AvgIpc) is 3.23. The number of hydrogen-bond donors (Lipinski definition) is 1. The maximum Gasteiger partial charge on any atom is 0.306 e. The summed E-state index contributed by atoms with van der Waals surface area (Å²) in [5.41, 5.74) is 0. The van der Waals surface area contributed by atoms with E-state index in [2.05, 4.69) is 50.3 Å². The van der Waals surface area contributed by atoms with Crippen LogP contribution in [0.1, 0.15) is 271 Å². The number of unbranched alkanes of at least 4 members (excludes halogenated alkanes) is 33. The fourth-order valence-electron chi connectivity index (χ4n) is 7.56. The van der Waals surface area contributed by atoms with Gasteiger partial charge in [0.1, 0.15) is 6.61 Å². The van der Waals surface area contributed by atoms with Gasteiger partial charge in [-0.25, -0.2) is 0 Å². The molecule has 5 nitrogen and oxygen atoms in total. The number of carbonyl (C=O) groups excluding carboxylic acids is 2. The maximum atomic E-state index is 12.2. The second-order valence-electron chi connectivity index (χ2n) is 17.3. The van der Waals surface area contributed by atoms with E-state index in [1.54, 1.807) is 0 Å². The summed E-state index contributed by atoms with van der Waals surface area (Å²) in [6.45, 7) is 4.14. The molecule has 1 N–H and O–H groups in total. The highest BCUT2D eigenvalue weighted by molar-refractivity contribution is 5.70. The molecule has 0 saturated carbocycles. The summed E-state index contributed by atoms with van der Waals surface area (Å²) >= 11 is 0. The van der Waals surface area contributed by atoms with Crippen LogP contribution in [-0.4, -0.2) is 36.4 Å². The monoisotopic (exact) mass is 815 g/mol. The lowest BCUT2D eigenvalue weighted by Gasteiger charge is -2.15. The highest BCUT2D eigenvalue weighted by Gasteiger charge is 2.16. The number of ether oxygens (including phenoxy) is 2.